The molecule has 0 saturated heterocycles. The highest BCUT2D eigenvalue weighted by Crippen LogP contribution is 2.20. The molecule has 0 radical (unpaired) electrons. The molecule has 0 amide bonds. The van der Waals surface area contributed by atoms with Crippen molar-refractivity contribution in [1.29, 1.82) is 0 Å². The van der Waals surface area contributed by atoms with Crippen LogP contribution < -0.4 is 10.6 Å². The van der Waals surface area contributed by atoms with Gasteiger partial charge in [0.05, 0.1) is 6.04 Å². The highest BCUT2D eigenvalue weighted by molar-refractivity contribution is 14.0. The molecule has 6 nitrogen and oxygen atoms in total. The van der Waals surface area contributed by atoms with E-state index < -0.39 is 0 Å². The highest BCUT2D eigenvalue weighted by Gasteiger charge is 2.18. The summed E-state index contributed by atoms with van der Waals surface area (Å²) in [4.78, 5) is 6.07. The average molecular weight is 474 g/mol. The van der Waals surface area contributed by atoms with Crippen molar-refractivity contribution in [3.05, 3.63) is 34.0 Å². The predicted octanol–water partition coefficient (Wildman–Crippen LogP) is 3.54. The molecule has 1 saturated carbocycles. The van der Waals surface area contributed by atoms with Gasteiger partial charge in [-0.15, -0.1) is 45.5 Å². The van der Waals surface area contributed by atoms with Gasteiger partial charge in [0.15, 0.2) is 11.8 Å². The first-order valence-electron chi connectivity index (χ1n) is 8.59. The van der Waals surface area contributed by atoms with E-state index >= 15 is 0 Å². The van der Waals surface area contributed by atoms with Gasteiger partial charge in [0, 0.05) is 18.0 Å². The van der Waals surface area contributed by atoms with Crippen LogP contribution in [0, 0.1) is 6.92 Å². The quantitative estimate of drug-likeness (QED) is 0.395. The molecule has 1 aliphatic carbocycles. The maximum atomic E-state index is 4.76. The van der Waals surface area contributed by atoms with E-state index in [9.17, 15) is 0 Å². The molecule has 3 rings (SSSR count). The summed E-state index contributed by atoms with van der Waals surface area (Å²) in [5.74, 6) is 2.65. The predicted molar refractivity (Wildman–Crippen MR) is 114 cm³/mol. The van der Waals surface area contributed by atoms with Crippen LogP contribution in [0.15, 0.2) is 22.5 Å². The van der Waals surface area contributed by atoms with E-state index in [1.165, 1.54) is 30.6 Å². The van der Waals surface area contributed by atoms with Crippen LogP contribution in [0.1, 0.15) is 55.2 Å². The summed E-state index contributed by atoms with van der Waals surface area (Å²) in [6.07, 6.45) is 5.04. The fraction of sp³-hybridized carbons (Fsp3) is 0.588. The molecule has 2 heterocycles. The molecule has 0 aliphatic heterocycles. The summed E-state index contributed by atoms with van der Waals surface area (Å²) in [5.41, 5.74) is 0. The summed E-state index contributed by atoms with van der Waals surface area (Å²) < 4.78 is 1.99. The molecule has 1 unspecified atom stereocenters. The third kappa shape index (κ3) is 5.40. The lowest BCUT2D eigenvalue weighted by molar-refractivity contribution is 0.594. The van der Waals surface area contributed by atoms with Gasteiger partial charge in [0.1, 0.15) is 12.4 Å². The monoisotopic (exact) mass is 474 g/mol. The van der Waals surface area contributed by atoms with Gasteiger partial charge in [-0.05, 0) is 38.1 Å². The second kappa shape index (κ2) is 9.51. The number of aryl methyl sites for hydroxylation is 1. The normalized spacial score (nSPS) is 16.5. The maximum absolute atomic E-state index is 4.76. The van der Waals surface area contributed by atoms with Crippen molar-refractivity contribution in [2.24, 2.45) is 12.0 Å². The van der Waals surface area contributed by atoms with Crippen LogP contribution in [0.5, 0.6) is 0 Å². The smallest absolute Gasteiger partial charge is 0.192 e. The van der Waals surface area contributed by atoms with Gasteiger partial charge in [-0.3, -0.25) is 0 Å². The van der Waals surface area contributed by atoms with Crippen LogP contribution in [0.25, 0.3) is 0 Å². The number of aromatic nitrogens is 3. The lowest BCUT2D eigenvalue weighted by Gasteiger charge is -2.20. The molecule has 0 bridgehead atoms. The Morgan fingerprint density at radius 3 is 2.76 bits per heavy atom. The maximum Gasteiger partial charge on any atom is 0.192 e. The number of aliphatic imine (C=N–C) groups is 1. The molecular formula is C17H27IN6S. The van der Waals surface area contributed by atoms with Crippen molar-refractivity contribution >= 4 is 41.3 Å². The van der Waals surface area contributed by atoms with E-state index in [0.717, 1.165) is 17.6 Å². The van der Waals surface area contributed by atoms with Crippen LogP contribution in [-0.4, -0.2) is 26.8 Å². The summed E-state index contributed by atoms with van der Waals surface area (Å²) in [7, 11) is 1.98. The van der Waals surface area contributed by atoms with Crippen molar-refractivity contribution in [2.45, 2.75) is 58.2 Å². The number of nitrogens with one attached hydrogen (secondary N) is 2. The number of hydrogen-bond donors (Lipinski definition) is 2. The number of nitrogens with zero attached hydrogens (tertiary/aromatic N) is 4. The number of thiophene rings is 1. The molecule has 1 atom stereocenters. The molecular weight excluding hydrogens is 447 g/mol. The first-order chi connectivity index (χ1) is 11.6. The zero-order valence-electron chi connectivity index (χ0n) is 15.0. The van der Waals surface area contributed by atoms with Gasteiger partial charge in [0.2, 0.25) is 0 Å². The van der Waals surface area contributed by atoms with Crippen molar-refractivity contribution in [2.75, 3.05) is 0 Å². The molecule has 8 heteroatoms. The Bertz CT molecular complexity index is 675. The Balaban J connectivity index is 0.00000225. The SMILES string of the molecule is Cc1nnc(CN=C(NC2CCCC2)NC(C)c2cccs2)n1C.I. The second-order valence-electron chi connectivity index (χ2n) is 6.39. The Labute approximate surface area is 170 Å². The largest absolute Gasteiger partial charge is 0.354 e. The topological polar surface area (TPSA) is 67.1 Å². The van der Waals surface area contributed by atoms with E-state index in [1.807, 2.05) is 18.5 Å². The molecule has 1 fully saturated rings. The van der Waals surface area contributed by atoms with Crippen LogP contribution >= 0.6 is 35.3 Å². The van der Waals surface area contributed by atoms with E-state index in [4.69, 9.17) is 4.99 Å². The van der Waals surface area contributed by atoms with Gasteiger partial charge in [-0.25, -0.2) is 4.99 Å². The first-order valence-corrected chi connectivity index (χ1v) is 9.47. The van der Waals surface area contributed by atoms with Crippen molar-refractivity contribution in [1.82, 2.24) is 25.4 Å². The van der Waals surface area contributed by atoms with E-state index in [-0.39, 0.29) is 30.0 Å². The van der Waals surface area contributed by atoms with Crippen LogP contribution in [-0.2, 0) is 13.6 Å². The Kier molecular flexibility index (Phi) is 7.67. The van der Waals surface area contributed by atoms with Crippen LogP contribution in [0.2, 0.25) is 0 Å². The lowest BCUT2D eigenvalue weighted by atomic mass is 10.2. The molecule has 25 heavy (non-hydrogen) atoms. The standard InChI is InChI=1S/C17H26N6S.HI/c1-12(15-9-6-10-24-15)19-17(20-14-7-4-5-8-14)18-11-16-22-21-13(2)23(16)3;/h6,9-10,12,14H,4-5,7-8,11H2,1-3H3,(H2,18,19,20);1H. The summed E-state index contributed by atoms with van der Waals surface area (Å²) >= 11 is 1.76. The number of hydrogen-bond acceptors (Lipinski definition) is 4. The Hall–Kier alpha value is -1.16. The van der Waals surface area contributed by atoms with E-state index in [0.29, 0.717) is 12.6 Å². The second-order valence-corrected chi connectivity index (χ2v) is 7.37. The summed E-state index contributed by atoms with van der Waals surface area (Å²) in [6.45, 7) is 4.65. The van der Waals surface area contributed by atoms with E-state index in [1.54, 1.807) is 11.3 Å². The third-order valence-electron chi connectivity index (χ3n) is 4.58. The van der Waals surface area contributed by atoms with Gasteiger partial charge in [0.25, 0.3) is 0 Å². The molecule has 0 aromatic carbocycles. The molecule has 2 aromatic heterocycles. The zero-order valence-corrected chi connectivity index (χ0v) is 18.2. The summed E-state index contributed by atoms with van der Waals surface area (Å²) in [5, 5.41) is 17.5. The Morgan fingerprint density at radius 1 is 1.40 bits per heavy atom. The van der Waals surface area contributed by atoms with Gasteiger partial charge < -0.3 is 15.2 Å². The molecule has 1 aliphatic rings. The minimum atomic E-state index is 0. The van der Waals surface area contributed by atoms with Gasteiger partial charge in [-0.2, -0.15) is 0 Å². The van der Waals surface area contributed by atoms with E-state index in [2.05, 4.69) is 45.3 Å². The van der Waals surface area contributed by atoms with Gasteiger partial charge >= 0.3 is 0 Å². The third-order valence-corrected chi connectivity index (χ3v) is 5.64. The van der Waals surface area contributed by atoms with Crippen LogP contribution in [0.3, 0.4) is 0 Å². The van der Waals surface area contributed by atoms with Crippen molar-refractivity contribution in [3.8, 4) is 0 Å². The number of guanidine groups is 1. The average Bonchev–Trinajstić information content (AvgIpc) is 3.31. The molecule has 138 valence electrons. The van der Waals surface area contributed by atoms with Gasteiger partial charge in [-0.1, -0.05) is 18.9 Å². The van der Waals surface area contributed by atoms with Crippen molar-refractivity contribution < 1.29 is 0 Å². The first kappa shape index (κ1) is 20.2. The van der Waals surface area contributed by atoms with Crippen molar-refractivity contribution in [3.63, 3.8) is 0 Å². The molecule has 2 N–H and O–H groups in total. The van der Waals surface area contributed by atoms with Crippen LogP contribution in [0.4, 0.5) is 0 Å². The lowest BCUT2D eigenvalue weighted by Crippen LogP contribution is -2.43. The minimum Gasteiger partial charge on any atom is -0.354 e. The fourth-order valence-corrected chi connectivity index (χ4v) is 3.68. The number of halogens is 1. The number of rotatable bonds is 5. The molecule has 2 aromatic rings. The highest BCUT2D eigenvalue weighted by atomic mass is 127. The fourth-order valence-electron chi connectivity index (χ4n) is 2.95. The Morgan fingerprint density at radius 2 is 2.16 bits per heavy atom. The molecule has 0 spiro atoms. The zero-order chi connectivity index (χ0) is 16.9. The summed E-state index contributed by atoms with van der Waals surface area (Å²) in [6, 6.07) is 5.00. The minimum absolute atomic E-state index is 0.